The number of aliphatic carboxylic acids is 1. The fourth-order valence-corrected chi connectivity index (χ4v) is 7.00. The van der Waals surface area contributed by atoms with Crippen LogP contribution in [0.4, 0.5) is 0 Å². The third-order valence-electron chi connectivity index (χ3n) is 10.0. The van der Waals surface area contributed by atoms with Gasteiger partial charge in [0.05, 0.1) is 25.4 Å². The molecule has 1 aliphatic rings. The molecule has 3 unspecified atom stereocenters. The first-order valence-corrected chi connectivity index (χ1v) is 25.2. The number of carbonyl (C=O) groups excluding carboxylic acids is 2. The van der Waals surface area contributed by atoms with E-state index in [-0.39, 0.29) is 12.8 Å². The van der Waals surface area contributed by atoms with Crippen LogP contribution < -0.4 is 5.73 Å². The monoisotopic (exact) mass is 904 g/mol. The standard InChI is InChI=1S/C50H82NO11P/c1-3-5-7-8-9-10-11-12-13-14-15-16-17-18-23-26-29-32-36-40-49(53)61-44(42-59-63(56,57)60-43-45(51)50(54)55)41-58-48(52)39-35-31-28-25-22-20-19-21-24-27-30-34-38-47-46(62-47)37-33-6-4-2/h6,9-10,12-13,20-22,24,28,30-31,33-34,44-47H,3-5,7-8,11,14-19,23,25-27,29,32,35-43,51H2,1-2H3,(H,54,55)(H,56,57)/b10-9-,13-12-,22-20-,24-21-,31-28-,33-6-,34-30-/t44-,45+,46?,47?/m1/s1. The predicted molar refractivity (Wildman–Crippen MR) is 253 cm³/mol. The Balaban J connectivity index is 2.30. The van der Waals surface area contributed by atoms with Crippen LogP contribution in [0.2, 0.25) is 0 Å². The summed E-state index contributed by atoms with van der Waals surface area (Å²) in [7, 11) is -4.75. The average Bonchev–Trinajstić information content (AvgIpc) is 4.02. The van der Waals surface area contributed by atoms with E-state index in [0.29, 0.717) is 25.0 Å². The summed E-state index contributed by atoms with van der Waals surface area (Å²) < 4.78 is 38.4. The molecule has 0 aliphatic carbocycles. The Kier molecular flexibility index (Phi) is 36.7. The smallest absolute Gasteiger partial charge is 0.472 e. The molecule has 0 aromatic heterocycles. The van der Waals surface area contributed by atoms with Gasteiger partial charge in [0.25, 0.3) is 0 Å². The summed E-state index contributed by atoms with van der Waals surface area (Å²) in [6.07, 6.45) is 52.7. The van der Waals surface area contributed by atoms with Gasteiger partial charge in [-0.2, -0.15) is 0 Å². The van der Waals surface area contributed by atoms with E-state index in [4.69, 9.17) is 29.6 Å². The quantitative estimate of drug-likeness (QED) is 0.0173. The molecule has 5 atom stereocenters. The number of ether oxygens (including phenoxy) is 3. The van der Waals surface area contributed by atoms with Crippen LogP contribution in [0.5, 0.6) is 0 Å². The van der Waals surface area contributed by atoms with Gasteiger partial charge in [-0.15, -0.1) is 0 Å². The summed E-state index contributed by atoms with van der Waals surface area (Å²) >= 11 is 0. The second kappa shape index (κ2) is 40.2. The maximum absolute atomic E-state index is 12.7. The highest BCUT2D eigenvalue weighted by Gasteiger charge is 2.36. The lowest BCUT2D eigenvalue weighted by Gasteiger charge is -2.20. The molecule has 63 heavy (non-hydrogen) atoms. The number of phosphoric acid groups is 1. The van der Waals surface area contributed by atoms with Gasteiger partial charge in [-0.1, -0.05) is 157 Å². The number of hydrogen-bond acceptors (Lipinski definition) is 10. The Morgan fingerprint density at radius 2 is 1.06 bits per heavy atom. The van der Waals surface area contributed by atoms with Gasteiger partial charge >= 0.3 is 25.7 Å². The highest BCUT2D eigenvalue weighted by Crippen LogP contribution is 2.43. The molecule has 0 amide bonds. The SMILES string of the molecule is CC/C=C\CC1OC1C/C=C\C/C=C\C/C=C\C/C=C\CCC(=O)OC[C@H](COP(=O)(O)OC[C@H](N)C(=O)O)OC(=O)CCCCCCCCCCC/C=C\C/C=C\CCCCC. The van der Waals surface area contributed by atoms with Crippen molar-refractivity contribution in [2.24, 2.45) is 5.73 Å². The first-order chi connectivity index (χ1) is 30.6. The van der Waals surface area contributed by atoms with Gasteiger partial charge < -0.3 is 29.9 Å². The second-order valence-corrected chi connectivity index (χ2v) is 17.3. The molecule has 1 rings (SSSR count). The van der Waals surface area contributed by atoms with Crippen LogP contribution in [-0.4, -0.2) is 72.1 Å². The summed E-state index contributed by atoms with van der Waals surface area (Å²) in [5.41, 5.74) is 5.34. The Morgan fingerprint density at radius 1 is 0.587 bits per heavy atom. The van der Waals surface area contributed by atoms with Crippen LogP contribution in [0.15, 0.2) is 85.1 Å². The van der Waals surface area contributed by atoms with Gasteiger partial charge in [-0.05, 0) is 83.5 Å². The van der Waals surface area contributed by atoms with E-state index in [1.54, 1.807) is 0 Å². The highest BCUT2D eigenvalue weighted by atomic mass is 31.2. The summed E-state index contributed by atoms with van der Waals surface area (Å²) in [5.74, 6) is -2.50. The van der Waals surface area contributed by atoms with Crippen molar-refractivity contribution in [2.75, 3.05) is 19.8 Å². The predicted octanol–water partition coefficient (Wildman–Crippen LogP) is 12.0. The minimum Gasteiger partial charge on any atom is -0.480 e. The van der Waals surface area contributed by atoms with Crippen LogP contribution in [0.25, 0.3) is 0 Å². The summed E-state index contributed by atoms with van der Waals surface area (Å²) in [6.45, 7) is 2.58. The molecule has 0 radical (unpaired) electrons. The summed E-state index contributed by atoms with van der Waals surface area (Å²) in [6, 6.07) is -1.54. The number of carboxylic acids is 1. The van der Waals surface area contributed by atoms with E-state index >= 15 is 0 Å². The second-order valence-electron chi connectivity index (χ2n) is 15.9. The lowest BCUT2D eigenvalue weighted by atomic mass is 10.1. The van der Waals surface area contributed by atoms with Crippen LogP contribution in [0.1, 0.15) is 168 Å². The zero-order valence-electron chi connectivity index (χ0n) is 38.6. The lowest BCUT2D eigenvalue weighted by Crippen LogP contribution is -2.34. The number of phosphoric ester groups is 1. The minimum atomic E-state index is -4.75. The summed E-state index contributed by atoms with van der Waals surface area (Å²) in [5, 5.41) is 8.91. The van der Waals surface area contributed by atoms with Crippen molar-refractivity contribution in [1.29, 1.82) is 0 Å². The number of rotatable bonds is 42. The van der Waals surface area contributed by atoms with Crippen molar-refractivity contribution in [3.63, 3.8) is 0 Å². The minimum absolute atomic E-state index is 0.0881. The third-order valence-corrected chi connectivity index (χ3v) is 11.0. The fourth-order valence-electron chi connectivity index (χ4n) is 6.22. The Bertz CT molecular complexity index is 1450. The molecular formula is C50H82NO11P. The maximum atomic E-state index is 12.7. The van der Waals surface area contributed by atoms with Crippen molar-refractivity contribution >= 4 is 25.7 Å². The fraction of sp³-hybridized carbons (Fsp3) is 0.660. The van der Waals surface area contributed by atoms with Crippen LogP contribution >= 0.6 is 7.82 Å². The van der Waals surface area contributed by atoms with Gasteiger partial charge in [-0.25, -0.2) is 4.57 Å². The molecule has 4 N–H and O–H groups in total. The Labute approximate surface area is 379 Å². The van der Waals surface area contributed by atoms with Crippen molar-refractivity contribution in [2.45, 2.75) is 192 Å². The van der Waals surface area contributed by atoms with Gasteiger partial charge in [0.15, 0.2) is 6.10 Å². The number of unbranched alkanes of at least 4 members (excludes halogenated alkanes) is 12. The molecule has 12 nitrogen and oxygen atoms in total. The van der Waals surface area contributed by atoms with E-state index in [1.165, 1.54) is 51.4 Å². The highest BCUT2D eigenvalue weighted by molar-refractivity contribution is 7.47. The Morgan fingerprint density at radius 3 is 1.62 bits per heavy atom. The van der Waals surface area contributed by atoms with Crippen molar-refractivity contribution < 1.29 is 52.2 Å². The first-order valence-electron chi connectivity index (χ1n) is 23.7. The van der Waals surface area contributed by atoms with Gasteiger partial charge in [-0.3, -0.25) is 23.4 Å². The van der Waals surface area contributed by atoms with E-state index in [0.717, 1.165) is 77.0 Å². The van der Waals surface area contributed by atoms with Crippen molar-refractivity contribution in [3.8, 4) is 0 Å². The molecular weight excluding hydrogens is 822 g/mol. The molecule has 1 fully saturated rings. The van der Waals surface area contributed by atoms with Gasteiger partial charge in [0, 0.05) is 12.8 Å². The molecule has 0 saturated carbocycles. The lowest BCUT2D eigenvalue weighted by molar-refractivity contribution is -0.161. The van der Waals surface area contributed by atoms with Gasteiger partial charge in [0.1, 0.15) is 12.6 Å². The first kappa shape index (κ1) is 57.6. The number of carbonyl (C=O) groups is 3. The van der Waals surface area contributed by atoms with Crippen LogP contribution in [0, 0.1) is 0 Å². The van der Waals surface area contributed by atoms with Crippen LogP contribution in [0.3, 0.4) is 0 Å². The number of hydrogen-bond donors (Lipinski definition) is 3. The molecule has 0 bridgehead atoms. The third kappa shape index (κ3) is 37.7. The van der Waals surface area contributed by atoms with E-state index in [1.807, 2.05) is 12.2 Å². The summed E-state index contributed by atoms with van der Waals surface area (Å²) in [4.78, 5) is 46.1. The van der Waals surface area contributed by atoms with Crippen molar-refractivity contribution in [3.05, 3.63) is 85.1 Å². The topological polar surface area (TPSA) is 184 Å². The normalized spacial score (nSPS) is 17.6. The maximum Gasteiger partial charge on any atom is 0.472 e. The van der Waals surface area contributed by atoms with E-state index in [2.05, 4.69) is 91.3 Å². The number of esters is 2. The zero-order chi connectivity index (χ0) is 46.1. The van der Waals surface area contributed by atoms with Gasteiger partial charge in [0.2, 0.25) is 0 Å². The largest absolute Gasteiger partial charge is 0.480 e. The van der Waals surface area contributed by atoms with Crippen molar-refractivity contribution in [1.82, 2.24) is 0 Å². The molecule has 0 aromatic rings. The number of epoxide rings is 1. The number of carboxylic acid groups (broad SMARTS) is 1. The van der Waals surface area contributed by atoms with E-state index < -0.39 is 57.7 Å². The average molecular weight is 904 g/mol. The zero-order valence-corrected chi connectivity index (χ0v) is 39.5. The molecule has 13 heteroatoms. The molecule has 1 saturated heterocycles. The van der Waals surface area contributed by atoms with E-state index in [9.17, 15) is 23.8 Å². The molecule has 1 heterocycles. The molecule has 0 spiro atoms. The molecule has 1 aliphatic heterocycles. The van der Waals surface area contributed by atoms with Crippen LogP contribution in [-0.2, 0) is 42.2 Å². The molecule has 0 aromatic carbocycles. The number of nitrogens with two attached hydrogens (primary N) is 1. The Hall–Kier alpha value is -3.38. The number of allylic oxidation sites excluding steroid dienone is 12. The molecule has 358 valence electrons.